The number of ether oxygens (including phenoxy) is 5. The molecule has 0 amide bonds. The highest BCUT2D eigenvalue weighted by molar-refractivity contribution is 4.94. The van der Waals surface area contributed by atoms with Gasteiger partial charge < -0.3 is 79.9 Å². The molecule has 0 aromatic heterocycles. The average molecular weight is 504 g/mol. The molecule has 0 aromatic carbocycles. The van der Waals surface area contributed by atoms with E-state index in [2.05, 4.69) is 0 Å². The summed E-state index contributed by atoms with van der Waals surface area (Å²) in [6, 6.07) is 0. The molecule has 3 aliphatic heterocycles. The second kappa shape index (κ2) is 11.6. The molecule has 15 unspecified atom stereocenters. The summed E-state index contributed by atoms with van der Waals surface area (Å²) in [5, 5.41) is 109. The largest absolute Gasteiger partial charge is 0.394 e. The Kier molecular flexibility index (Phi) is 9.54. The third-order valence-electron chi connectivity index (χ3n) is 6.08. The van der Waals surface area contributed by atoms with Gasteiger partial charge in [0.1, 0.15) is 73.2 Å². The summed E-state index contributed by atoms with van der Waals surface area (Å²) < 4.78 is 26.1. The molecule has 0 saturated carbocycles. The molecule has 0 aliphatic carbocycles. The Morgan fingerprint density at radius 1 is 0.500 bits per heavy atom. The molecule has 0 radical (unpaired) electrons. The highest BCUT2D eigenvalue weighted by atomic mass is 16.7. The van der Waals surface area contributed by atoms with Crippen LogP contribution in [-0.4, -0.2) is 168 Å². The van der Waals surface area contributed by atoms with Gasteiger partial charge in [0.15, 0.2) is 18.9 Å². The Labute approximate surface area is 192 Å². The Hall–Kier alpha value is -0.640. The zero-order valence-electron chi connectivity index (χ0n) is 17.7. The lowest BCUT2D eigenvalue weighted by Gasteiger charge is -2.45. The Morgan fingerprint density at radius 2 is 0.971 bits per heavy atom. The standard InChI is InChI=1S/C18H32O16/c19-1-4-8(22)12(26)15(16(29)31-4)34-18-14(28)11(25)9(23)6(33-18)3-30-17-13(27)10(24)7(21)5(2-20)32-17/h4-29H,1-3H2. The quantitative estimate of drug-likeness (QED) is 0.154. The van der Waals surface area contributed by atoms with Gasteiger partial charge in [0, 0.05) is 0 Å². The summed E-state index contributed by atoms with van der Waals surface area (Å²) >= 11 is 0. The van der Waals surface area contributed by atoms with Crippen molar-refractivity contribution in [1.82, 2.24) is 0 Å². The van der Waals surface area contributed by atoms with Gasteiger partial charge >= 0.3 is 0 Å². The van der Waals surface area contributed by atoms with Gasteiger partial charge in [0.2, 0.25) is 0 Å². The Morgan fingerprint density at radius 3 is 1.56 bits per heavy atom. The molecule has 34 heavy (non-hydrogen) atoms. The van der Waals surface area contributed by atoms with Crippen LogP contribution < -0.4 is 0 Å². The monoisotopic (exact) mass is 504 g/mol. The molecule has 15 atom stereocenters. The molecule has 11 N–H and O–H groups in total. The van der Waals surface area contributed by atoms with Gasteiger partial charge in [-0.25, -0.2) is 0 Å². The molecule has 0 spiro atoms. The van der Waals surface area contributed by atoms with Gasteiger partial charge in [0.25, 0.3) is 0 Å². The van der Waals surface area contributed by atoms with Gasteiger partial charge in [-0.2, -0.15) is 0 Å². The van der Waals surface area contributed by atoms with Crippen molar-refractivity contribution in [1.29, 1.82) is 0 Å². The third kappa shape index (κ3) is 5.52. The van der Waals surface area contributed by atoms with Crippen molar-refractivity contribution in [2.24, 2.45) is 0 Å². The van der Waals surface area contributed by atoms with E-state index in [4.69, 9.17) is 28.8 Å². The van der Waals surface area contributed by atoms with E-state index in [0.717, 1.165) is 0 Å². The third-order valence-corrected chi connectivity index (χ3v) is 6.08. The SMILES string of the molecule is OCC1OC(OCC2OC(OC3C(O)OC(CO)C(O)C3O)C(O)C(O)C2O)C(O)C(O)C1O. The zero-order chi connectivity index (χ0) is 25.3. The van der Waals surface area contributed by atoms with Crippen LogP contribution in [-0.2, 0) is 23.7 Å². The van der Waals surface area contributed by atoms with Crippen LogP contribution in [0.2, 0.25) is 0 Å². The van der Waals surface area contributed by atoms with Crippen molar-refractivity contribution in [3.05, 3.63) is 0 Å². The van der Waals surface area contributed by atoms with Gasteiger partial charge in [-0.05, 0) is 0 Å². The van der Waals surface area contributed by atoms with Crippen LogP contribution in [0.15, 0.2) is 0 Å². The Balaban J connectivity index is 1.64. The Bertz CT molecular complexity index is 639. The van der Waals surface area contributed by atoms with Crippen molar-refractivity contribution < 1.29 is 79.9 Å². The maximum Gasteiger partial charge on any atom is 0.187 e. The zero-order valence-corrected chi connectivity index (χ0v) is 17.7. The van der Waals surface area contributed by atoms with Crippen molar-refractivity contribution in [2.75, 3.05) is 19.8 Å². The fourth-order valence-corrected chi connectivity index (χ4v) is 3.94. The minimum atomic E-state index is -1.88. The van der Waals surface area contributed by atoms with E-state index >= 15 is 0 Å². The lowest BCUT2D eigenvalue weighted by atomic mass is 9.97. The van der Waals surface area contributed by atoms with Crippen LogP contribution in [0.3, 0.4) is 0 Å². The fourth-order valence-electron chi connectivity index (χ4n) is 3.94. The lowest BCUT2D eigenvalue weighted by Crippen LogP contribution is -2.64. The van der Waals surface area contributed by atoms with Crippen molar-refractivity contribution in [3.63, 3.8) is 0 Å². The molecule has 0 bridgehead atoms. The summed E-state index contributed by atoms with van der Waals surface area (Å²) in [5.74, 6) is 0. The fraction of sp³-hybridized carbons (Fsp3) is 1.00. The van der Waals surface area contributed by atoms with Gasteiger partial charge in [-0.1, -0.05) is 0 Å². The topological polar surface area (TPSA) is 269 Å². The highest BCUT2D eigenvalue weighted by Gasteiger charge is 2.51. The smallest absolute Gasteiger partial charge is 0.187 e. The van der Waals surface area contributed by atoms with Crippen LogP contribution in [0.4, 0.5) is 0 Å². The minimum absolute atomic E-state index is 0.616. The van der Waals surface area contributed by atoms with Crippen LogP contribution in [0, 0.1) is 0 Å². The molecular formula is C18H32O16. The molecule has 3 saturated heterocycles. The first-order valence-corrected chi connectivity index (χ1v) is 10.6. The number of hydrogen-bond donors (Lipinski definition) is 11. The number of rotatable bonds is 7. The van der Waals surface area contributed by atoms with Gasteiger partial charge in [-0.15, -0.1) is 0 Å². The first kappa shape index (κ1) is 27.9. The van der Waals surface area contributed by atoms with E-state index in [-0.39, 0.29) is 0 Å². The molecule has 3 fully saturated rings. The minimum Gasteiger partial charge on any atom is -0.394 e. The predicted octanol–water partition coefficient (Wildman–Crippen LogP) is -7.57. The molecular weight excluding hydrogens is 472 g/mol. The van der Waals surface area contributed by atoms with Crippen LogP contribution in [0.25, 0.3) is 0 Å². The number of aliphatic hydroxyl groups is 11. The van der Waals surface area contributed by atoms with E-state index in [1.54, 1.807) is 0 Å². The van der Waals surface area contributed by atoms with E-state index in [1.807, 2.05) is 0 Å². The number of hydrogen-bond acceptors (Lipinski definition) is 16. The highest BCUT2D eigenvalue weighted by Crippen LogP contribution is 2.29. The average Bonchev–Trinajstić information content (AvgIpc) is 2.82. The molecule has 3 heterocycles. The molecule has 3 rings (SSSR count). The molecule has 16 heteroatoms. The number of aliphatic hydroxyl groups excluding tert-OH is 11. The first-order valence-electron chi connectivity index (χ1n) is 10.6. The predicted molar refractivity (Wildman–Crippen MR) is 101 cm³/mol. The molecule has 3 aliphatic rings. The normalized spacial score (nSPS) is 52.5. The van der Waals surface area contributed by atoms with Crippen molar-refractivity contribution in [3.8, 4) is 0 Å². The van der Waals surface area contributed by atoms with E-state index < -0.39 is 112 Å². The summed E-state index contributed by atoms with van der Waals surface area (Å²) in [6.45, 7) is -2.03. The van der Waals surface area contributed by atoms with Gasteiger partial charge in [0.05, 0.1) is 19.8 Å². The van der Waals surface area contributed by atoms with Crippen molar-refractivity contribution >= 4 is 0 Å². The summed E-state index contributed by atoms with van der Waals surface area (Å²) in [5.41, 5.74) is 0. The maximum atomic E-state index is 10.2. The molecule has 0 aromatic rings. The van der Waals surface area contributed by atoms with E-state index in [9.17, 15) is 51.1 Å². The molecule has 16 nitrogen and oxygen atoms in total. The van der Waals surface area contributed by atoms with Crippen LogP contribution in [0.1, 0.15) is 0 Å². The summed E-state index contributed by atoms with van der Waals surface area (Å²) in [4.78, 5) is 0. The van der Waals surface area contributed by atoms with Gasteiger partial charge in [-0.3, -0.25) is 0 Å². The van der Waals surface area contributed by atoms with E-state index in [1.165, 1.54) is 0 Å². The first-order chi connectivity index (χ1) is 16.0. The van der Waals surface area contributed by atoms with Crippen LogP contribution >= 0.6 is 0 Å². The summed E-state index contributed by atoms with van der Waals surface area (Å²) in [6.07, 6.45) is -25.0. The molecule has 200 valence electrons. The van der Waals surface area contributed by atoms with Crippen molar-refractivity contribution in [2.45, 2.75) is 92.1 Å². The summed E-state index contributed by atoms with van der Waals surface area (Å²) in [7, 11) is 0. The lowest BCUT2D eigenvalue weighted by molar-refractivity contribution is -0.367. The van der Waals surface area contributed by atoms with E-state index in [0.29, 0.717) is 0 Å². The van der Waals surface area contributed by atoms with Crippen LogP contribution in [0.5, 0.6) is 0 Å². The second-order valence-corrected chi connectivity index (χ2v) is 8.37. The maximum absolute atomic E-state index is 10.2. The second-order valence-electron chi connectivity index (χ2n) is 8.37.